The Morgan fingerprint density at radius 3 is 2.66 bits per heavy atom. The van der Waals surface area contributed by atoms with Crippen molar-refractivity contribution in [2.75, 3.05) is 6.54 Å². The molecule has 29 heavy (non-hydrogen) atoms. The van der Waals surface area contributed by atoms with Crippen molar-refractivity contribution in [3.8, 4) is 0 Å². The van der Waals surface area contributed by atoms with Crippen LogP contribution in [0.3, 0.4) is 0 Å². The first-order valence-electron chi connectivity index (χ1n) is 9.57. The van der Waals surface area contributed by atoms with Gasteiger partial charge in [0.15, 0.2) is 0 Å². The lowest BCUT2D eigenvalue weighted by Gasteiger charge is -2.10. The zero-order valence-electron chi connectivity index (χ0n) is 15.9. The lowest BCUT2D eigenvalue weighted by molar-refractivity contribution is 0.0953. The average molecular weight is 388 g/mol. The summed E-state index contributed by atoms with van der Waals surface area (Å²) in [4.78, 5) is 20.9. The number of pyridine rings is 1. The van der Waals surface area contributed by atoms with Gasteiger partial charge >= 0.3 is 0 Å². The molecule has 0 spiro atoms. The van der Waals surface area contributed by atoms with E-state index in [1.165, 1.54) is 12.1 Å². The first-order chi connectivity index (χ1) is 14.2. The number of amides is 1. The van der Waals surface area contributed by atoms with E-state index >= 15 is 0 Å². The van der Waals surface area contributed by atoms with Gasteiger partial charge in [-0.05, 0) is 48.4 Å². The van der Waals surface area contributed by atoms with Crippen molar-refractivity contribution >= 4 is 16.9 Å². The third-order valence-electron chi connectivity index (χ3n) is 4.77. The number of hydrogen-bond donors (Lipinski definition) is 1. The van der Waals surface area contributed by atoms with E-state index in [9.17, 15) is 9.18 Å². The van der Waals surface area contributed by atoms with Gasteiger partial charge in [-0.2, -0.15) is 0 Å². The van der Waals surface area contributed by atoms with Crippen LogP contribution in [0.5, 0.6) is 0 Å². The van der Waals surface area contributed by atoms with E-state index in [0.717, 1.165) is 35.3 Å². The van der Waals surface area contributed by atoms with E-state index in [-0.39, 0.29) is 11.7 Å². The van der Waals surface area contributed by atoms with Crippen LogP contribution < -0.4 is 5.32 Å². The van der Waals surface area contributed by atoms with Gasteiger partial charge in [0.1, 0.15) is 11.6 Å². The second kappa shape index (κ2) is 8.65. The monoisotopic (exact) mass is 388 g/mol. The van der Waals surface area contributed by atoms with Crippen LogP contribution in [0.1, 0.15) is 28.2 Å². The molecule has 2 aromatic carbocycles. The van der Waals surface area contributed by atoms with Crippen molar-refractivity contribution < 1.29 is 9.18 Å². The molecule has 0 saturated heterocycles. The summed E-state index contributed by atoms with van der Waals surface area (Å²) in [6.07, 6.45) is 4.68. The fourth-order valence-corrected chi connectivity index (χ4v) is 3.31. The molecule has 2 aromatic heterocycles. The van der Waals surface area contributed by atoms with Crippen molar-refractivity contribution in [2.45, 2.75) is 19.4 Å². The summed E-state index contributed by atoms with van der Waals surface area (Å²) in [6.45, 7) is 1.17. The van der Waals surface area contributed by atoms with Crippen LogP contribution in [0.15, 0.2) is 73.1 Å². The number of aryl methyl sites for hydroxylation is 1. The Morgan fingerprint density at radius 1 is 1.03 bits per heavy atom. The summed E-state index contributed by atoms with van der Waals surface area (Å²) in [5.41, 5.74) is 3.55. The minimum atomic E-state index is -0.242. The van der Waals surface area contributed by atoms with Crippen LogP contribution in [0.25, 0.3) is 11.0 Å². The van der Waals surface area contributed by atoms with E-state index < -0.39 is 0 Å². The van der Waals surface area contributed by atoms with E-state index in [4.69, 9.17) is 4.98 Å². The van der Waals surface area contributed by atoms with Gasteiger partial charge in [0.25, 0.3) is 5.91 Å². The van der Waals surface area contributed by atoms with Crippen molar-refractivity contribution in [3.05, 3.63) is 95.8 Å². The molecule has 4 aromatic rings. The topological polar surface area (TPSA) is 59.8 Å². The van der Waals surface area contributed by atoms with E-state index in [1.54, 1.807) is 36.7 Å². The van der Waals surface area contributed by atoms with Crippen molar-refractivity contribution in [2.24, 2.45) is 0 Å². The molecule has 0 unspecified atom stereocenters. The minimum Gasteiger partial charge on any atom is -0.352 e. The molecule has 1 N–H and O–H groups in total. The molecule has 1 amide bonds. The third-order valence-corrected chi connectivity index (χ3v) is 4.77. The highest BCUT2D eigenvalue weighted by Crippen LogP contribution is 2.19. The number of rotatable bonds is 7. The summed E-state index contributed by atoms with van der Waals surface area (Å²) in [6, 6.07) is 18.0. The molecule has 0 aliphatic heterocycles. The SMILES string of the molecule is O=C(NCCCc1nc2ccccc2n1Cc1ccc(F)cc1)c1cccnc1. The molecular formula is C23H21FN4O. The highest BCUT2D eigenvalue weighted by molar-refractivity contribution is 5.93. The number of carbonyl (C=O) groups excluding carboxylic acids is 1. The molecule has 0 atom stereocenters. The molecule has 0 radical (unpaired) electrons. The Bertz CT molecular complexity index is 1110. The van der Waals surface area contributed by atoms with Crippen molar-refractivity contribution in [1.29, 1.82) is 0 Å². The number of hydrogen-bond acceptors (Lipinski definition) is 3. The summed E-state index contributed by atoms with van der Waals surface area (Å²) in [5, 5.41) is 2.92. The number of para-hydroxylation sites is 2. The fraction of sp³-hybridized carbons (Fsp3) is 0.174. The second-order valence-electron chi connectivity index (χ2n) is 6.83. The molecule has 2 heterocycles. The number of halogens is 1. The maximum Gasteiger partial charge on any atom is 0.252 e. The maximum atomic E-state index is 13.2. The Balaban J connectivity index is 1.45. The van der Waals surface area contributed by atoms with Crippen LogP contribution in [-0.2, 0) is 13.0 Å². The van der Waals surface area contributed by atoms with E-state index in [0.29, 0.717) is 18.7 Å². The Kier molecular flexibility index (Phi) is 5.61. The molecule has 0 bridgehead atoms. The molecule has 0 fully saturated rings. The van der Waals surface area contributed by atoms with Crippen LogP contribution in [0, 0.1) is 5.82 Å². The summed E-state index contributed by atoms with van der Waals surface area (Å²) >= 11 is 0. The standard InChI is InChI=1S/C23H21FN4O/c24-19-11-9-17(10-12-19)16-28-21-7-2-1-6-20(21)27-22(28)8-4-14-26-23(29)18-5-3-13-25-15-18/h1-3,5-7,9-13,15H,4,8,14,16H2,(H,26,29). The predicted octanol–water partition coefficient (Wildman–Crippen LogP) is 3.98. The summed E-state index contributed by atoms with van der Waals surface area (Å²) < 4.78 is 15.4. The summed E-state index contributed by atoms with van der Waals surface area (Å²) in [7, 11) is 0. The highest BCUT2D eigenvalue weighted by atomic mass is 19.1. The van der Waals surface area contributed by atoms with Gasteiger partial charge in [0.05, 0.1) is 16.6 Å². The van der Waals surface area contributed by atoms with Crippen molar-refractivity contribution in [1.82, 2.24) is 19.9 Å². The first kappa shape index (κ1) is 18.8. The number of fused-ring (bicyclic) bond motifs is 1. The predicted molar refractivity (Wildman–Crippen MR) is 110 cm³/mol. The van der Waals surface area contributed by atoms with Crippen molar-refractivity contribution in [3.63, 3.8) is 0 Å². The van der Waals surface area contributed by atoms with Gasteiger partial charge in [-0.15, -0.1) is 0 Å². The van der Waals surface area contributed by atoms with Crippen LogP contribution in [-0.4, -0.2) is 27.0 Å². The normalized spacial score (nSPS) is 10.9. The van der Waals surface area contributed by atoms with Gasteiger partial charge in [-0.25, -0.2) is 9.37 Å². The Hall–Kier alpha value is -3.54. The quantitative estimate of drug-likeness (QED) is 0.487. The molecule has 6 heteroatoms. The van der Waals surface area contributed by atoms with E-state index in [2.05, 4.69) is 14.9 Å². The second-order valence-corrected chi connectivity index (χ2v) is 6.83. The van der Waals surface area contributed by atoms with Gasteiger partial charge in [-0.1, -0.05) is 24.3 Å². The molecule has 0 aliphatic carbocycles. The molecule has 0 aliphatic rings. The molecule has 4 rings (SSSR count). The zero-order chi connectivity index (χ0) is 20.1. The number of nitrogens with one attached hydrogen (secondary N) is 1. The number of carbonyl (C=O) groups is 1. The Morgan fingerprint density at radius 2 is 1.86 bits per heavy atom. The number of benzene rings is 2. The highest BCUT2D eigenvalue weighted by Gasteiger charge is 2.11. The number of aromatic nitrogens is 3. The van der Waals surface area contributed by atoms with Crippen LogP contribution in [0.2, 0.25) is 0 Å². The van der Waals surface area contributed by atoms with E-state index in [1.807, 2.05) is 24.3 Å². The average Bonchev–Trinajstić information content (AvgIpc) is 3.10. The molecule has 146 valence electrons. The van der Waals surface area contributed by atoms with Gasteiger partial charge in [-0.3, -0.25) is 9.78 Å². The van der Waals surface area contributed by atoms with Crippen LogP contribution in [0.4, 0.5) is 4.39 Å². The van der Waals surface area contributed by atoms with Gasteiger partial charge < -0.3 is 9.88 Å². The summed E-state index contributed by atoms with van der Waals surface area (Å²) in [5.74, 6) is 0.581. The molecule has 0 saturated carbocycles. The fourth-order valence-electron chi connectivity index (χ4n) is 3.31. The number of imidazole rings is 1. The number of nitrogens with zero attached hydrogens (tertiary/aromatic N) is 3. The Labute approximate surface area is 168 Å². The lowest BCUT2D eigenvalue weighted by Crippen LogP contribution is -2.25. The first-order valence-corrected chi connectivity index (χ1v) is 9.57. The maximum absolute atomic E-state index is 13.2. The lowest BCUT2D eigenvalue weighted by atomic mass is 10.2. The van der Waals surface area contributed by atoms with Gasteiger partial charge in [0, 0.05) is 31.9 Å². The molecule has 5 nitrogen and oxygen atoms in total. The van der Waals surface area contributed by atoms with Gasteiger partial charge in [0.2, 0.25) is 0 Å². The smallest absolute Gasteiger partial charge is 0.252 e. The molecular weight excluding hydrogens is 367 g/mol. The van der Waals surface area contributed by atoms with Crippen LogP contribution >= 0.6 is 0 Å². The largest absolute Gasteiger partial charge is 0.352 e. The zero-order valence-corrected chi connectivity index (χ0v) is 15.9. The third kappa shape index (κ3) is 4.48. The minimum absolute atomic E-state index is 0.127.